The predicted octanol–water partition coefficient (Wildman–Crippen LogP) is 2.31. The van der Waals surface area contributed by atoms with Crippen molar-refractivity contribution in [2.75, 3.05) is 0 Å². The third-order valence-electron chi connectivity index (χ3n) is 3.48. The van der Waals surface area contributed by atoms with Crippen LogP contribution in [0.15, 0.2) is 41.9 Å². The second-order valence-electron chi connectivity index (χ2n) is 5.35. The van der Waals surface area contributed by atoms with E-state index in [0.717, 1.165) is 12.8 Å². The zero-order valence-electron chi connectivity index (χ0n) is 11.9. The number of amides is 1. The Morgan fingerprint density at radius 2 is 2.14 bits per heavy atom. The molecule has 1 aromatic carbocycles. The van der Waals surface area contributed by atoms with Crippen molar-refractivity contribution >= 4 is 17.5 Å². The number of allylic oxidation sites excluding steroid dienone is 1. The minimum absolute atomic E-state index is 0.129. The Bertz CT molecular complexity index is 680. The molecule has 0 radical (unpaired) electrons. The van der Waals surface area contributed by atoms with Crippen LogP contribution in [-0.4, -0.2) is 26.1 Å². The molecule has 1 aromatic heterocycles. The lowest BCUT2D eigenvalue weighted by atomic mass is 10.1. The number of rotatable bonds is 6. The van der Waals surface area contributed by atoms with Crippen LogP contribution in [0.1, 0.15) is 35.1 Å². The van der Waals surface area contributed by atoms with Crippen LogP contribution in [0.4, 0.5) is 0 Å². The minimum Gasteiger partial charge on any atom is -0.342 e. The van der Waals surface area contributed by atoms with E-state index < -0.39 is 0 Å². The zero-order chi connectivity index (χ0) is 15.5. The van der Waals surface area contributed by atoms with Gasteiger partial charge in [0.05, 0.1) is 12.6 Å². The predicted molar refractivity (Wildman–Crippen MR) is 82.2 cm³/mol. The number of nitrogens with zero attached hydrogens (tertiary/aromatic N) is 4. The molecule has 1 fully saturated rings. The largest absolute Gasteiger partial charge is 0.342 e. The van der Waals surface area contributed by atoms with Crippen molar-refractivity contribution in [3.8, 4) is 0 Å². The summed E-state index contributed by atoms with van der Waals surface area (Å²) >= 11 is 5.75. The molecule has 0 aliphatic heterocycles. The summed E-state index contributed by atoms with van der Waals surface area (Å²) in [5.41, 5.74) is 0.620. The maximum absolute atomic E-state index is 12.3. The van der Waals surface area contributed by atoms with Gasteiger partial charge in [-0.25, -0.2) is 0 Å². The van der Waals surface area contributed by atoms with Crippen LogP contribution >= 0.6 is 11.6 Å². The first-order chi connectivity index (χ1) is 10.6. The molecule has 7 heteroatoms. The minimum atomic E-state index is -0.218. The van der Waals surface area contributed by atoms with Gasteiger partial charge in [-0.2, -0.15) is 4.80 Å². The first-order valence-electron chi connectivity index (χ1n) is 7.10. The van der Waals surface area contributed by atoms with Gasteiger partial charge >= 0.3 is 0 Å². The molecule has 3 rings (SSSR count). The summed E-state index contributed by atoms with van der Waals surface area (Å²) in [5.74, 6) is 0.754. The molecule has 1 aliphatic carbocycles. The fraction of sp³-hybridized carbons (Fsp3) is 0.333. The van der Waals surface area contributed by atoms with Crippen LogP contribution in [-0.2, 0) is 6.54 Å². The maximum atomic E-state index is 12.3. The first kappa shape index (κ1) is 14.7. The van der Waals surface area contributed by atoms with E-state index >= 15 is 0 Å². The van der Waals surface area contributed by atoms with Crippen molar-refractivity contribution in [1.82, 2.24) is 25.5 Å². The van der Waals surface area contributed by atoms with Gasteiger partial charge in [0.25, 0.3) is 5.91 Å². The van der Waals surface area contributed by atoms with Crippen LogP contribution in [0, 0.1) is 5.92 Å². The summed E-state index contributed by atoms with van der Waals surface area (Å²) in [6.45, 7) is 3.91. The number of benzene rings is 1. The number of tetrazole rings is 1. The van der Waals surface area contributed by atoms with Gasteiger partial charge in [-0.15, -0.1) is 10.2 Å². The Labute approximate surface area is 133 Å². The molecule has 1 aliphatic rings. The highest BCUT2D eigenvalue weighted by Gasteiger charge is 2.36. The molecule has 1 heterocycles. The smallest absolute Gasteiger partial charge is 0.251 e. The Morgan fingerprint density at radius 1 is 1.41 bits per heavy atom. The third-order valence-corrected chi connectivity index (χ3v) is 3.59. The summed E-state index contributed by atoms with van der Waals surface area (Å²) in [7, 11) is 0. The lowest BCUT2D eigenvalue weighted by molar-refractivity contribution is 0.0929. The molecule has 1 saturated carbocycles. The lowest BCUT2D eigenvalue weighted by Crippen LogP contribution is -2.30. The van der Waals surface area contributed by atoms with Crippen molar-refractivity contribution < 1.29 is 4.79 Å². The highest BCUT2D eigenvalue weighted by atomic mass is 35.5. The standard InChI is InChI=1S/C15H16ClN5O/c1-10(16)9-21-19-14(18-20-21)13(11-7-8-11)17-15(22)12-5-3-2-4-6-12/h2-6,11,13H,1,7-9H2,(H,17,22). The number of halogens is 1. The average Bonchev–Trinajstić information content (AvgIpc) is 3.25. The van der Waals surface area contributed by atoms with Gasteiger partial charge in [-0.1, -0.05) is 36.4 Å². The van der Waals surface area contributed by atoms with Crippen LogP contribution in [0.5, 0.6) is 0 Å². The van der Waals surface area contributed by atoms with Crippen molar-refractivity contribution in [2.45, 2.75) is 25.4 Å². The van der Waals surface area contributed by atoms with Crippen molar-refractivity contribution in [1.29, 1.82) is 0 Å². The van der Waals surface area contributed by atoms with E-state index in [1.807, 2.05) is 18.2 Å². The maximum Gasteiger partial charge on any atom is 0.251 e. The number of hydrogen-bond donors (Lipinski definition) is 1. The van der Waals surface area contributed by atoms with E-state index in [1.165, 1.54) is 4.80 Å². The first-order valence-corrected chi connectivity index (χ1v) is 7.48. The quantitative estimate of drug-likeness (QED) is 0.887. The number of aromatic nitrogens is 4. The Balaban J connectivity index is 1.74. The fourth-order valence-electron chi connectivity index (χ4n) is 2.24. The van der Waals surface area contributed by atoms with Gasteiger partial charge in [0.2, 0.25) is 0 Å². The molecule has 1 unspecified atom stereocenters. The summed E-state index contributed by atoms with van der Waals surface area (Å²) < 4.78 is 0. The molecule has 0 spiro atoms. The van der Waals surface area contributed by atoms with E-state index in [4.69, 9.17) is 11.6 Å². The van der Waals surface area contributed by atoms with E-state index in [2.05, 4.69) is 27.3 Å². The second-order valence-corrected chi connectivity index (χ2v) is 5.88. The van der Waals surface area contributed by atoms with Crippen LogP contribution < -0.4 is 5.32 Å². The van der Waals surface area contributed by atoms with Gasteiger partial charge in [0.1, 0.15) is 0 Å². The fourth-order valence-corrected chi connectivity index (χ4v) is 2.34. The molecule has 1 N–H and O–H groups in total. The topological polar surface area (TPSA) is 72.7 Å². The van der Waals surface area contributed by atoms with Crippen LogP contribution in [0.3, 0.4) is 0 Å². The van der Waals surface area contributed by atoms with Gasteiger partial charge < -0.3 is 5.32 Å². The molecule has 6 nitrogen and oxygen atoms in total. The normalized spacial score (nSPS) is 15.3. The number of carbonyl (C=O) groups excluding carboxylic acids is 1. The molecule has 0 saturated heterocycles. The average molecular weight is 318 g/mol. The lowest BCUT2D eigenvalue weighted by Gasteiger charge is -2.14. The van der Waals surface area contributed by atoms with E-state index in [9.17, 15) is 4.79 Å². The molecule has 114 valence electrons. The van der Waals surface area contributed by atoms with E-state index in [1.54, 1.807) is 12.1 Å². The van der Waals surface area contributed by atoms with Gasteiger partial charge in [-0.05, 0) is 36.1 Å². The van der Waals surface area contributed by atoms with E-state index in [0.29, 0.717) is 28.9 Å². The molecule has 22 heavy (non-hydrogen) atoms. The number of nitrogens with one attached hydrogen (secondary N) is 1. The molecule has 1 amide bonds. The molecular formula is C15H16ClN5O. The summed E-state index contributed by atoms with van der Waals surface area (Å²) in [6.07, 6.45) is 2.10. The summed E-state index contributed by atoms with van der Waals surface area (Å²) in [6, 6.07) is 8.89. The monoisotopic (exact) mass is 317 g/mol. The van der Waals surface area contributed by atoms with Crippen molar-refractivity contribution in [2.24, 2.45) is 5.92 Å². The number of carbonyl (C=O) groups is 1. The van der Waals surface area contributed by atoms with Crippen molar-refractivity contribution in [3.05, 3.63) is 53.3 Å². The summed E-state index contributed by atoms with van der Waals surface area (Å²) in [4.78, 5) is 13.7. The highest BCUT2D eigenvalue weighted by Crippen LogP contribution is 2.39. The zero-order valence-corrected chi connectivity index (χ0v) is 12.7. The number of hydrogen-bond acceptors (Lipinski definition) is 4. The van der Waals surface area contributed by atoms with Crippen molar-refractivity contribution in [3.63, 3.8) is 0 Å². The Kier molecular flexibility index (Phi) is 4.20. The van der Waals surface area contributed by atoms with Crippen LogP contribution in [0.2, 0.25) is 0 Å². The Hall–Kier alpha value is -2.21. The summed E-state index contributed by atoms with van der Waals surface area (Å²) in [5, 5.41) is 15.7. The second kappa shape index (κ2) is 6.27. The van der Waals surface area contributed by atoms with E-state index in [-0.39, 0.29) is 11.9 Å². The van der Waals surface area contributed by atoms with Crippen LogP contribution in [0.25, 0.3) is 0 Å². The SMILES string of the molecule is C=C(Cl)Cn1nnc(C(NC(=O)c2ccccc2)C2CC2)n1. The molecule has 2 aromatic rings. The van der Waals surface area contributed by atoms with Gasteiger partial charge in [-0.3, -0.25) is 4.79 Å². The van der Waals surface area contributed by atoms with Gasteiger partial charge in [0, 0.05) is 10.6 Å². The van der Waals surface area contributed by atoms with Gasteiger partial charge in [0.15, 0.2) is 5.82 Å². The molecule has 1 atom stereocenters. The highest BCUT2D eigenvalue weighted by molar-refractivity contribution is 6.29. The third kappa shape index (κ3) is 3.51. The molecular weight excluding hydrogens is 302 g/mol. The molecule has 0 bridgehead atoms. The Morgan fingerprint density at radius 3 is 2.77 bits per heavy atom.